The fraction of sp³-hybridized carbons (Fsp3) is 0.500. The predicted molar refractivity (Wildman–Crippen MR) is 202 cm³/mol. The molecule has 1 aliphatic heterocycles. The quantitative estimate of drug-likeness (QED) is 0.0529. The van der Waals surface area contributed by atoms with Crippen molar-refractivity contribution in [1.29, 1.82) is 10.5 Å². The number of piperazine rings is 1. The summed E-state index contributed by atoms with van der Waals surface area (Å²) in [5.41, 5.74) is 6.66. The van der Waals surface area contributed by atoms with Crippen molar-refractivity contribution in [3.05, 3.63) is 35.2 Å². The molecule has 5 N–H and O–H groups in total. The first-order valence-electron chi connectivity index (χ1n) is 16.7. The van der Waals surface area contributed by atoms with E-state index in [0.29, 0.717) is 48.4 Å². The summed E-state index contributed by atoms with van der Waals surface area (Å²) >= 11 is 2.14. The minimum absolute atomic E-state index is 0.0486. The average molecular weight is 882 g/mol. The highest BCUT2D eigenvalue weighted by molar-refractivity contribution is 14.1. The third kappa shape index (κ3) is 10.5. The number of aromatic nitrogens is 4. The van der Waals surface area contributed by atoms with E-state index >= 15 is 0 Å². The summed E-state index contributed by atoms with van der Waals surface area (Å²) in [6, 6.07) is 6.89. The SMILES string of the molecule is CCNc1nc(N(C(=O)OCOC(=O)CC(C)(C)CCOP(=O)(O)O)c2cc(C#N)cc(N3CCN([C@@H](C)C(N)=O)CC3)c2CI)nn2c(C#N)cnc12. The molecule has 54 heavy (non-hydrogen) atoms. The number of nitriles is 2. The number of anilines is 4. The van der Waals surface area contributed by atoms with Crippen molar-refractivity contribution in [2.24, 2.45) is 11.1 Å². The topological polar surface area (TPSA) is 275 Å². The zero-order valence-electron chi connectivity index (χ0n) is 30.1. The Hall–Kier alpha value is -4.64. The van der Waals surface area contributed by atoms with Crippen LogP contribution >= 0.6 is 30.4 Å². The molecule has 0 saturated carbocycles. The van der Waals surface area contributed by atoms with Crippen LogP contribution in [0.3, 0.4) is 0 Å². The number of phosphoric acid groups is 1. The summed E-state index contributed by atoms with van der Waals surface area (Å²) in [6.07, 6.45) is 0.147. The molecule has 0 bridgehead atoms. The number of alkyl halides is 1. The molecule has 0 aliphatic carbocycles. The number of esters is 1. The Labute approximate surface area is 324 Å². The van der Waals surface area contributed by atoms with E-state index in [1.165, 1.54) is 16.8 Å². The molecule has 0 spiro atoms. The smallest absolute Gasteiger partial charge is 0.428 e. The number of rotatable bonds is 16. The second-order valence-corrected chi connectivity index (χ2v) is 14.9. The number of fused-ring (bicyclic) bond motifs is 1. The average Bonchev–Trinajstić information content (AvgIpc) is 3.53. The van der Waals surface area contributed by atoms with Gasteiger partial charge in [0.25, 0.3) is 5.95 Å². The monoisotopic (exact) mass is 881 g/mol. The van der Waals surface area contributed by atoms with Gasteiger partial charge in [-0.05, 0) is 37.8 Å². The number of primary amides is 1. The number of carbonyl (C=O) groups excluding carboxylic acids is 3. The van der Waals surface area contributed by atoms with Crippen molar-refractivity contribution in [1.82, 2.24) is 24.5 Å². The molecule has 3 heterocycles. The zero-order valence-corrected chi connectivity index (χ0v) is 33.1. The second kappa shape index (κ2) is 18.1. The minimum atomic E-state index is -4.68. The maximum absolute atomic E-state index is 14.2. The molecule has 2 aromatic heterocycles. The van der Waals surface area contributed by atoms with Gasteiger partial charge in [-0.2, -0.15) is 20.0 Å². The van der Waals surface area contributed by atoms with Gasteiger partial charge in [-0.3, -0.25) is 19.0 Å². The molecule has 20 nitrogen and oxygen atoms in total. The Bertz CT molecular complexity index is 2000. The number of benzene rings is 1. The van der Waals surface area contributed by atoms with E-state index in [9.17, 15) is 29.5 Å². The molecule has 1 fully saturated rings. The first kappa shape index (κ1) is 42.1. The summed E-state index contributed by atoms with van der Waals surface area (Å²) < 4.78 is 27.8. The van der Waals surface area contributed by atoms with Crippen molar-refractivity contribution < 1.29 is 42.7 Å². The number of ether oxygens (including phenoxy) is 2. The number of phosphoric ester groups is 1. The maximum Gasteiger partial charge on any atom is 0.469 e. The molecule has 1 atom stereocenters. The van der Waals surface area contributed by atoms with Gasteiger partial charge in [-0.15, -0.1) is 5.10 Å². The van der Waals surface area contributed by atoms with Crippen LogP contribution in [0, 0.1) is 28.1 Å². The largest absolute Gasteiger partial charge is 0.469 e. The first-order chi connectivity index (χ1) is 25.5. The molecule has 3 aromatic rings. The summed E-state index contributed by atoms with van der Waals surface area (Å²) in [5, 5.41) is 27.5. The highest BCUT2D eigenvalue weighted by Crippen LogP contribution is 2.39. The number of amides is 2. The Morgan fingerprint density at radius 3 is 2.46 bits per heavy atom. The van der Waals surface area contributed by atoms with Crippen molar-refractivity contribution in [3.8, 4) is 12.1 Å². The number of halogens is 1. The molecular formula is C32H41IN11O9P. The highest BCUT2D eigenvalue weighted by Gasteiger charge is 2.32. The number of carbonyl (C=O) groups is 3. The van der Waals surface area contributed by atoms with Gasteiger partial charge in [-0.1, -0.05) is 36.4 Å². The van der Waals surface area contributed by atoms with E-state index in [0.717, 1.165) is 4.90 Å². The Balaban J connectivity index is 1.72. The van der Waals surface area contributed by atoms with Crippen molar-refractivity contribution in [2.45, 2.75) is 51.0 Å². The van der Waals surface area contributed by atoms with Crippen LogP contribution in [0.2, 0.25) is 0 Å². The van der Waals surface area contributed by atoms with Gasteiger partial charge in [0, 0.05) is 48.4 Å². The Morgan fingerprint density at radius 1 is 1.17 bits per heavy atom. The summed E-state index contributed by atoms with van der Waals surface area (Å²) in [7, 11) is -4.68. The molecule has 1 saturated heterocycles. The molecule has 290 valence electrons. The van der Waals surface area contributed by atoms with E-state index in [2.05, 4.69) is 53.6 Å². The minimum Gasteiger partial charge on any atom is -0.428 e. The molecule has 4 rings (SSSR count). The molecule has 0 radical (unpaired) electrons. The summed E-state index contributed by atoms with van der Waals surface area (Å²) in [4.78, 5) is 70.5. The van der Waals surface area contributed by atoms with Crippen LogP contribution < -0.4 is 20.9 Å². The van der Waals surface area contributed by atoms with Crippen molar-refractivity contribution >= 4 is 77.2 Å². The van der Waals surface area contributed by atoms with Crippen LogP contribution in [0.1, 0.15) is 57.4 Å². The molecule has 22 heteroatoms. The Kier molecular flexibility index (Phi) is 14.1. The molecule has 1 aromatic carbocycles. The third-order valence-corrected chi connectivity index (χ3v) is 9.86. The normalized spacial score (nSPS) is 14.2. The zero-order chi connectivity index (χ0) is 39.8. The van der Waals surface area contributed by atoms with Crippen LogP contribution in [0.5, 0.6) is 0 Å². The van der Waals surface area contributed by atoms with E-state index in [4.69, 9.17) is 25.0 Å². The van der Waals surface area contributed by atoms with Crippen LogP contribution in [0.15, 0.2) is 18.3 Å². The number of imidazole rings is 1. The van der Waals surface area contributed by atoms with Crippen LogP contribution in [-0.2, 0) is 32.6 Å². The lowest BCUT2D eigenvalue weighted by Gasteiger charge is -2.39. The number of hydrogen-bond acceptors (Lipinski definition) is 15. The number of nitrogens with two attached hydrogens (primary N) is 1. The summed E-state index contributed by atoms with van der Waals surface area (Å²) in [5.74, 6) is -1.24. The van der Waals surface area contributed by atoms with E-state index in [1.54, 1.807) is 26.8 Å². The van der Waals surface area contributed by atoms with Gasteiger partial charge < -0.3 is 35.2 Å². The maximum atomic E-state index is 14.2. The summed E-state index contributed by atoms with van der Waals surface area (Å²) in [6.45, 7) is 8.15. The van der Waals surface area contributed by atoms with Gasteiger partial charge in [0.15, 0.2) is 17.2 Å². The molecular weight excluding hydrogens is 840 g/mol. The third-order valence-electron chi connectivity index (χ3n) is 8.58. The van der Waals surface area contributed by atoms with Gasteiger partial charge in [0.2, 0.25) is 12.7 Å². The number of hydrogen-bond donors (Lipinski definition) is 4. The lowest BCUT2D eigenvalue weighted by Crippen LogP contribution is -2.53. The second-order valence-electron chi connectivity index (χ2n) is 12.9. The van der Waals surface area contributed by atoms with Gasteiger partial charge in [0.1, 0.15) is 6.07 Å². The van der Waals surface area contributed by atoms with E-state index < -0.39 is 44.0 Å². The van der Waals surface area contributed by atoms with Crippen molar-refractivity contribution in [2.75, 3.05) is 61.2 Å². The van der Waals surface area contributed by atoms with Crippen molar-refractivity contribution in [3.63, 3.8) is 0 Å². The highest BCUT2D eigenvalue weighted by atomic mass is 127. The lowest BCUT2D eigenvalue weighted by molar-refractivity contribution is -0.154. The van der Waals surface area contributed by atoms with Crippen LogP contribution in [-0.4, -0.2) is 104 Å². The van der Waals surface area contributed by atoms with Gasteiger partial charge in [0.05, 0.1) is 42.6 Å². The van der Waals surface area contributed by atoms with Crippen LogP contribution in [0.25, 0.3) is 5.65 Å². The van der Waals surface area contributed by atoms with Crippen LogP contribution in [0.4, 0.5) is 27.9 Å². The van der Waals surface area contributed by atoms with E-state index in [1.807, 2.05) is 22.8 Å². The van der Waals surface area contributed by atoms with Gasteiger partial charge in [-0.25, -0.2) is 19.2 Å². The lowest BCUT2D eigenvalue weighted by atomic mass is 9.86. The molecule has 2 amide bonds. The molecule has 0 unspecified atom stereocenters. The predicted octanol–water partition coefficient (Wildman–Crippen LogP) is 2.92. The Morgan fingerprint density at radius 2 is 1.87 bits per heavy atom. The number of nitrogens with zero attached hydrogens (tertiary/aromatic N) is 9. The fourth-order valence-electron chi connectivity index (χ4n) is 5.65. The first-order valence-corrected chi connectivity index (χ1v) is 19.7. The molecule has 1 aliphatic rings. The standard InChI is InChI=1S/C32H41IN11O9P/c1-5-37-28-29-38-18-22(17-35)44(29)40-30(39-28)43(31(47)52-19-51-26(45)14-32(3,4)6-11-53-54(48,49)50)25-13-21(16-34)12-24(23(25)15-33)42-9-7-41(8-10-42)20(2)27(36)46/h12-13,18,20H,5-11,14-15,19H2,1-4H3,(H2,36,46)(H,37,39,40)(H2,48,49,50)/t20-/m0/s1. The van der Waals surface area contributed by atoms with E-state index in [-0.39, 0.29) is 53.8 Å². The van der Waals surface area contributed by atoms with Gasteiger partial charge >= 0.3 is 19.9 Å². The fourth-order valence-corrected chi connectivity index (χ4v) is 6.76. The number of nitrogens with one attached hydrogen (secondary N) is 1.